The monoisotopic (exact) mass is 489 g/mol. The average molecular weight is 490 g/mol. The van der Waals surface area contributed by atoms with Gasteiger partial charge in [0, 0.05) is 19.2 Å². The van der Waals surface area contributed by atoms with Crippen LogP contribution in [0, 0.1) is 0 Å². The van der Waals surface area contributed by atoms with Gasteiger partial charge in [0.1, 0.15) is 6.16 Å². The van der Waals surface area contributed by atoms with E-state index in [9.17, 15) is 14.2 Å². The molecule has 2 aromatic carbocycles. The van der Waals surface area contributed by atoms with Crippen LogP contribution in [0.3, 0.4) is 0 Å². The van der Waals surface area contributed by atoms with Crippen LogP contribution in [0.1, 0.15) is 31.0 Å². The molecule has 1 fully saturated rings. The number of hydrogen-bond acceptors (Lipinski definition) is 7. The summed E-state index contributed by atoms with van der Waals surface area (Å²) in [6.45, 7) is 5.27. The van der Waals surface area contributed by atoms with Crippen LogP contribution < -0.4 is 0 Å². The lowest BCUT2D eigenvalue weighted by Crippen LogP contribution is -2.43. The molecule has 1 N–H and O–H groups in total. The third-order valence-electron chi connectivity index (χ3n) is 4.94. The van der Waals surface area contributed by atoms with Gasteiger partial charge in [-0.25, -0.2) is 4.79 Å². The summed E-state index contributed by atoms with van der Waals surface area (Å²) in [4.78, 5) is 23.8. The number of carboxylic acid groups (broad SMARTS) is 1. The molecule has 184 valence electrons. The smallest absolute Gasteiger partial charge is 0.341 e. The molecule has 0 aromatic heterocycles. The van der Waals surface area contributed by atoms with Crippen molar-refractivity contribution in [2.24, 2.45) is 0 Å². The Morgan fingerprint density at radius 1 is 0.971 bits per heavy atom. The van der Waals surface area contributed by atoms with E-state index in [0.717, 1.165) is 5.57 Å². The Labute approximate surface area is 200 Å². The van der Waals surface area contributed by atoms with Crippen LogP contribution >= 0.6 is 7.60 Å². The normalized spacial score (nSPS) is 13.5. The van der Waals surface area contributed by atoms with Crippen molar-refractivity contribution < 1.29 is 33.0 Å². The summed E-state index contributed by atoms with van der Waals surface area (Å²) in [5.74, 6) is -1.45. The van der Waals surface area contributed by atoms with E-state index in [4.69, 9.17) is 14.2 Å². The molecule has 0 saturated carbocycles. The van der Waals surface area contributed by atoms with Crippen molar-refractivity contribution in [3.05, 3.63) is 83.4 Å². The quantitative estimate of drug-likeness (QED) is 0.295. The highest BCUT2D eigenvalue weighted by Gasteiger charge is 2.30. The van der Waals surface area contributed by atoms with Crippen molar-refractivity contribution in [1.29, 1.82) is 0 Å². The molecule has 34 heavy (non-hydrogen) atoms. The van der Waals surface area contributed by atoms with Gasteiger partial charge in [-0.1, -0.05) is 60.7 Å². The molecule has 3 rings (SSSR count). The zero-order valence-corrected chi connectivity index (χ0v) is 20.6. The van der Waals surface area contributed by atoms with Gasteiger partial charge in [-0.15, -0.1) is 0 Å². The number of rotatable bonds is 10. The molecular weight excluding hydrogens is 457 g/mol. The number of aliphatic carboxylic acids is 1. The molecule has 0 unspecified atom stereocenters. The summed E-state index contributed by atoms with van der Waals surface area (Å²) in [6, 6.07) is 20.9. The first-order chi connectivity index (χ1) is 16.3. The third-order valence-corrected chi connectivity index (χ3v) is 6.89. The van der Waals surface area contributed by atoms with E-state index in [0.29, 0.717) is 13.1 Å². The Balaban J connectivity index is 0.000000273. The van der Waals surface area contributed by atoms with Gasteiger partial charge in [0.05, 0.1) is 26.4 Å². The van der Waals surface area contributed by atoms with Crippen LogP contribution in [-0.2, 0) is 27.9 Å². The second-order valence-electron chi connectivity index (χ2n) is 7.45. The number of nitrogens with zero attached hydrogens (tertiary/aromatic N) is 1. The molecule has 8 nitrogen and oxygen atoms in total. The zero-order chi connectivity index (χ0) is 25.0. The van der Waals surface area contributed by atoms with Gasteiger partial charge in [0.25, 0.3) is 0 Å². The van der Waals surface area contributed by atoms with Crippen molar-refractivity contribution >= 4 is 19.5 Å². The second-order valence-corrected chi connectivity index (χ2v) is 9.50. The minimum Gasteiger partial charge on any atom is -0.478 e. The van der Waals surface area contributed by atoms with Gasteiger partial charge >= 0.3 is 19.5 Å². The van der Waals surface area contributed by atoms with Gasteiger partial charge in [0.15, 0.2) is 0 Å². The highest BCUT2D eigenvalue weighted by Crippen LogP contribution is 2.47. The van der Waals surface area contributed by atoms with Crippen LogP contribution in [0.4, 0.5) is 0 Å². The van der Waals surface area contributed by atoms with Gasteiger partial charge in [0.2, 0.25) is 0 Å². The number of likely N-dealkylation sites (tertiary alicyclic amines) is 1. The third kappa shape index (κ3) is 8.54. The fourth-order valence-electron chi connectivity index (χ4n) is 3.55. The molecule has 0 aliphatic carbocycles. The van der Waals surface area contributed by atoms with Crippen molar-refractivity contribution in [2.75, 3.05) is 39.6 Å². The summed E-state index contributed by atoms with van der Waals surface area (Å²) < 4.78 is 25.8. The standard InChI is InChI=1S/C18H17NO2.C7H15O5P/c20-17(21)11-14-12-19(13-14)18(15-7-3-1-4-8-15)16-9-5-2-6-10-16;1-4-11-13(9,12-5-2)6-7(8)10-3/h1-11,18H,12-13H2,(H,20,21);4-6H2,1-3H3. The lowest BCUT2D eigenvalue weighted by atomic mass is 9.93. The Morgan fingerprint density at radius 3 is 1.82 bits per heavy atom. The highest BCUT2D eigenvalue weighted by atomic mass is 31.2. The summed E-state index contributed by atoms with van der Waals surface area (Å²) in [5, 5.41) is 8.81. The van der Waals surface area contributed by atoms with Gasteiger partial charge in [-0.2, -0.15) is 0 Å². The molecule has 0 radical (unpaired) electrons. The highest BCUT2D eigenvalue weighted by molar-refractivity contribution is 7.54. The van der Waals surface area contributed by atoms with Gasteiger partial charge < -0.3 is 18.9 Å². The maximum absolute atomic E-state index is 11.6. The fraction of sp³-hybridized carbons (Fsp3) is 0.360. The van der Waals surface area contributed by atoms with E-state index in [1.165, 1.54) is 24.3 Å². The fourth-order valence-corrected chi connectivity index (χ4v) is 5.04. The lowest BCUT2D eigenvalue weighted by molar-refractivity contribution is -0.138. The number of carboxylic acids is 1. The van der Waals surface area contributed by atoms with Gasteiger partial charge in [-0.05, 0) is 30.5 Å². The van der Waals surface area contributed by atoms with E-state index in [1.54, 1.807) is 13.8 Å². The molecule has 0 atom stereocenters. The number of carbonyl (C=O) groups excluding carboxylic acids is 1. The predicted molar refractivity (Wildman–Crippen MR) is 130 cm³/mol. The van der Waals surface area contributed by atoms with Crippen LogP contribution in [0.2, 0.25) is 0 Å². The van der Waals surface area contributed by atoms with E-state index in [-0.39, 0.29) is 25.4 Å². The summed E-state index contributed by atoms with van der Waals surface area (Å²) in [5.41, 5.74) is 3.44. The van der Waals surface area contributed by atoms with Crippen molar-refractivity contribution in [2.45, 2.75) is 19.9 Å². The Hall–Kier alpha value is -2.77. The van der Waals surface area contributed by atoms with Crippen molar-refractivity contribution in [1.82, 2.24) is 4.90 Å². The van der Waals surface area contributed by atoms with E-state index >= 15 is 0 Å². The first-order valence-corrected chi connectivity index (χ1v) is 12.8. The molecule has 1 aliphatic heterocycles. The summed E-state index contributed by atoms with van der Waals surface area (Å²) in [7, 11) is -2.04. The van der Waals surface area contributed by atoms with Crippen LogP contribution in [0.15, 0.2) is 72.3 Å². The lowest BCUT2D eigenvalue weighted by Gasteiger charge is -2.41. The first-order valence-electron chi connectivity index (χ1n) is 11.0. The molecule has 9 heteroatoms. The number of ether oxygens (including phenoxy) is 1. The number of esters is 1. The molecule has 2 aromatic rings. The number of benzene rings is 2. The SMILES string of the molecule is CCOP(=O)(CC(=O)OC)OCC.O=C(O)C=C1CN(C(c2ccccc2)c2ccccc2)C1. The van der Waals surface area contributed by atoms with Crippen LogP contribution in [0.25, 0.3) is 0 Å². The first kappa shape index (κ1) is 27.5. The minimum atomic E-state index is -3.27. The molecule has 0 spiro atoms. The minimum absolute atomic E-state index is 0.179. The van der Waals surface area contributed by atoms with E-state index in [2.05, 4.69) is 33.9 Å². The second kappa shape index (κ2) is 13.8. The predicted octanol–water partition coefficient (Wildman–Crippen LogP) is 4.53. The molecule has 1 heterocycles. The average Bonchev–Trinajstić information content (AvgIpc) is 2.79. The number of hydrogen-bond donors (Lipinski definition) is 1. The summed E-state index contributed by atoms with van der Waals surface area (Å²) >= 11 is 0. The Bertz CT molecular complexity index is 937. The maximum Gasteiger partial charge on any atom is 0.341 e. The molecule has 0 bridgehead atoms. The van der Waals surface area contributed by atoms with Crippen molar-refractivity contribution in [3.63, 3.8) is 0 Å². The van der Waals surface area contributed by atoms with Crippen LogP contribution in [0.5, 0.6) is 0 Å². The summed E-state index contributed by atoms with van der Waals surface area (Å²) in [6.07, 6.45) is 0.995. The molecule has 1 aliphatic rings. The Kier molecular flexibility index (Phi) is 11.2. The molecule has 1 saturated heterocycles. The Morgan fingerprint density at radius 2 is 1.44 bits per heavy atom. The largest absolute Gasteiger partial charge is 0.478 e. The van der Waals surface area contributed by atoms with Crippen LogP contribution in [-0.4, -0.2) is 61.5 Å². The molecule has 0 amide bonds. The zero-order valence-electron chi connectivity index (χ0n) is 19.8. The van der Waals surface area contributed by atoms with Crippen molar-refractivity contribution in [3.8, 4) is 0 Å². The number of methoxy groups -OCH3 is 1. The molecular formula is C25H32NO7P. The van der Waals surface area contributed by atoms with E-state index < -0.39 is 19.5 Å². The van der Waals surface area contributed by atoms with Gasteiger partial charge in [-0.3, -0.25) is 14.3 Å². The number of carbonyl (C=O) groups is 2. The van der Waals surface area contributed by atoms with E-state index in [1.807, 2.05) is 36.4 Å². The maximum atomic E-state index is 11.6. The topological polar surface area (TPSA) is 102 Å².